The quantitative estimate of drug-likeness (QED) is 0.866. The third kappa shape index (κ3) is 2.98. The second-order valence-electron chi connectivity index (χ2n) is 6.42. The molecule has 0 unspecified atom stereocenters. The summed E-state index contributed by atoms with van der Waals surface area (Å²) in [7, 11) is 0. The smallest absolute Gasteiger partial charge is 0.198 e. The van der Waals surface area contributed by atoms with Crippen LogP contribution in [0.25, 0.3) is 5.65 Å². The molecule has 23 heavy (non-hydrogen) atoms. The average molecular weight is 317 g/mol. The Hall–Kier alpha value is -1.86. The lowest BCUT2D eigenvalue weighted by molar-refractivity contribution is 0.0374. The van der Waals surface area contributed by atoms with Crippen LogP contribution in [0.4, 0.5) is 5.69 Å². The average Bonchev–Trinajstić information content (AvgIpc) is 3.05. The number of aromatic nitrogens is 3. The van der Waals surface area contributed by atoms with Crippen molar-refractivity contribution in [3.63, 3.8) is 0 Å². The third-order valence-electron chi connectivity index (χ3n) is 4.72. The predicted octanol–water partition coefficient (Wildman–Crippen LogP) is 1.56. The van der Waals surface area contributed by atoms with Crippen LogP contribution in [0, 0.1) is 0 Å². The first-order valence-corrected chi connectivity index (χ1v) is 8.38. The van der Waals surface area contributed by atoms with E-state index in [0.717, 1.165) is 69.1 Å². The fraction of sp³-hybridized carbons (Fsp3) is 0.625. The van der Waals surface area contributed by atoms with Crippen molar-refractivity contribution in [2.75, 3.05) is 31.2 Å². The molecule has 7 nitrogen and oxygen atoms in total. The number of ether oxygens (including phenoxy) is 2. The number of fused-ring (bicyclic) bond motifs is 1. The first-order chi connectivity index (χ1) is 11.2. The SMILES string of the molecule is NC1(Oc2cc(N3CCOCC3)cn3ncnc23)CCCCC1. The molecule has 0 atom stereocenters. The van der Waals surface area contributed by atoms with Gasteiger partial charge in [0.05, 0.1) is 25.1 Å². The van der Waals surface area contributed by atoms with Crippen LogP contribution < -0.4 is 15.4 Å². The number of morpholine rings is 1. The first-order valence-electron chi connectivity index (χ1n) is 8.38. The van der Waals surface area contributed by atoms with Crippen molar-refractivity contribution in [3.8, 4) is 5.75 Å². The van der Waals surface area contributed by atoms with E-state index < -0.39 is 5.72 Å². The van der Waals surface area contributed by atoms with Gasteiger partial charge in [0.25, 0.3) is 0 Å². The Bertz CT molecular complexity index is 674. The van der Waals surface area contributed by atoms with E-state index in [2.05, 4.69) is 15.0 Å². The van der Waals surface area contributed by atoms with Crippen LogP contribution in [0.5, 0.6) is 5.75 Å². The standard InChI is InChI=1S/C16H23N5O2/c17-16(4-2-1-3-5-16)23-14-10-13(20-6-8-22-9-7-20)11-21-15(14)18-12-19-21/h10-12H,1-9,17H2. The third-order valence-corrected chi connectivity index (χ3v) is 4.72. The number of pyridine rings is 1. The lowest BCUT2D eigenvalue weighted by atomic mass is 9.92. The summed E-state index contributed by atoms with van der Waals surface area (Å²) in [6.07, 6.45) is 8.77. The Morgan fingerprint density at radius 3 is 2.74 bits per heavy atom. The van der Waals surface area contributed by atoms with Crippen LogP contribution >= 0.6 is 0 Å². The molecule has 2 fully saturated rings. The molecule has 0 spiro atoms. The second kappa shape index (κ2) is 5.98. The van der Waals surface area contributed by atoms with Crippen LogP contribution in [-0.2, 0) is 4.74 Å². The molecule has 1 aliphatic carbocycles. The minimum Gasteiger partial charge on any atom is -0.469 e. The van der Waals surface area contributed by atoms with Crippen LogP contribution in [0.2, 0.25) is 0 Å². The van der Waals surface area contributed by atoms with Crippen molar-refractivity contribution in [1.29, 1.82) is 0 Å². The molecule has 1 saturated carbocycles. The summed E-state index contributed by atoms with van der Waals surface area (Å²) in [5.74, 6) is 0.718. The maximum absolute atomic E-state index is 6.47. The van der Waals surface area contributed by atoms with Gasteiger partial charge >= 0.3 is 0 Å². The van der Waals surface area contributed by atoms with E-state index in [-0.39, 0.29) is 0 Å². The monoisotopic (exact) mass is 317 g/mol. The van der Waals surface area contributed by atoms with Gasteiger partial charge in [-0.2, -0.15) is 5.10 Å². The molecule has 0 bridgehead atoms. The minimum absolute atomic E-state index is 0.589. The van der Waals surface area contributed by atoms with Gasteiger partial charge in [0, 0.05) is 32.0 Å². The summed E-state index contributed by atoms with van der Waals surface area (Å²) in [5, 5.41) is 4.28. The van der Waals surface area contributed by atoms with E-state index in [1.54, 1.807) is 10.8 Å². The number of nitrogens with two attached hydrogens (primary N) is 1. The highest BCUT2D eigenvalue weighted by Gasteiger charge is 2.31. The fourth-order valence-electron chi connectivity index (χ4n) is 3.42. The summed E-state index contributed by atoms with van der Waals surface area (Å²) in [5.41, 5.74) is 7.67. The van der Waals surface area contributed by atoms with E-state index >= 15 is 0 Å². The normalized spacial score (nSPS) is 21.5. The molecule has 2 aromatic rings. The lowest BCUT2D eigenvalue weighted by Gasteiger charge is -2.34. The molecule has 0 aromatic carbocycles. The fourth-order valence-corrected chi connectivity index (χ4v) is 3.42. The highest BCUT2D eigenvalue weighted by molar-refractivity contribution is 5.61. The van der Waals surface area contributed by atoms with Crippen molar-refractivity contribution in [3.05, 3.63) is 18.6 Å². The van der Waals surface area contributed by atoms with E-state index in [1.165, 1.54) is 6.42 Å². The summed E-state index contributed by atoms with van der Waals surface area (Å²) < 4.78 is 13.4. The minimum atomic E-state index is -0.589. The van der Waals surface area contributed by atoms with Crippen LogP contribution in [0.3, 0.4) is 0 Å². The number of anilines is 1. The maximum Gasteiger partial charge on any atom is 0.198 e. The molecule has 4 rings (SSSR count). The maximum atomic E-state index is 6.47. The zero-order valence-electron chi connectivity index (χ0n) is 13.3. The van der Waals surface area contributed by atoms with Crippen molar-refractivity contribution in [1.82, 2.24) is 14.6 Å². The number of hydrogen-bond acceptors (Lipinski definition) is 6. The number of nitrogens with zero attached hydrogens (tertiary/aromatic N) is 4. The van der Waals surface area contributed by atoms with Crippen LogP contribution in [-0.4, -0.2) is 46.6 Å². The molecule has 2 aliphatic rings. The molecular formula is C16H23N5O2. The van der Waals surface area contributed by atoms with Crippen molar-refractivity contribution in [2.45, 2.75) is 37.8 Å². The van der Waals surface area contributed by atoms with Crippen molar-refractivity contribution < 1.29 is 9.47 Å². The van der Waals surface area contributed by atoms with E-state index in [9.17, 15) is 0 Å². The van der Waals surface area contributed by atoms with E-state index in [1.807, 2.05) is 12.3 Å². The topological polar surface area (TPSA) is 77.9 Å². The van der Waals surface area contributed by atoms with Gasteiger partial charge in [-0.05, 0) is 12.8 Å². The molecule has 7 heteroatoms. The largest absolute Gasteiger partial charge is 0.469 e. The zero-order chi connectivity index (χ0) is 15.7. The first kappa shape index (κ1) is 14.7. The molecule has 2 N–H and O–H groups in total. The van der Waals surface area contributed by atoms with Crippen molar-refractivity contribution in [2.24, 2.45) is 5.73 Å². The second-order valence-corrected chi connectivity index (χ2v) is 6.42. The molecule has 1 saturated heterocycles. The van der Waals surface area contributed by atoms with Crippen LogP contribution in [0.15, 0.2) is 18.6 Å². The predicted molar refractivity (Wildman–Crippen MR) is 86.7 cm³/mol. The van der Waals surface area contributed by atoms with Gasteiger partial charge in [-0.1, -0.05) is 6.42 Å². The Morgan fingerprint density at radius 2 is 1.96 bits per heavy atom. The van der Waals surface area contributed by atoms with E-state index in [0.29, 0.717) is 0 Å². The zero-order valence-corrected chi connectivity index (χ0v) is 13.3. The molecule has 0 amide bonds. The van der Waals surface area contributed by atoms with Gasteiger partial charge in [0.2, 0.25) is 0 Å². The Morgan fingerprint density at radius 1 is 1.17 bits per heavy atom. The van der Waals surface area contributed by atoms with Gasteiger partial charge in [0.15, 0.2) is 17.1 Å². The summed E-state index contributed by atoms with van der Waals surface area (Å²) >= 11 is 0. The van der Waals surface area contributed by atoms with Gasteiger partial charge in [-0.15, -0.1) is 0 Å². The Kier molecular flexibility index (Phi) is 3.82. The van der Waals surface area contributed by atoms with Gasteiger partial charge in [0.1, 0.15) is 6.33 Å². The molecule has 3 heterocycles. The number of rotatable bonds is 3. The highest BCUT2D eigenvalue weighted by Crippen LogP contribution is 2.33. The molecule has 0 radical (unpaired) electrons. The molecule has 124 valence electrons. The summed E-state index contributed by atoms with van der Waals surface area (Å²) in [6.45, 7) is 3.22. The lowest BCUT2D eigenvalue weighted by Crippen LogP contribution is -2.47. The number of hydrogen-bond donors (Lipinski definition) is 1. The van der Waals surface area contributed by atoms with E-state index in [4.69, 9.17) is 15.2 Å². The van der Waals surface area contributed by atoms with Gasteiger partial charge < -0.3 is 14.4 Å². The van der Waals surface area contributed by atoms with Crippen LogP contribution in [0.1, 0.15) is 32.1 Å². The molecular weight excluding hydrogens is 294 g/mol. The summed E-state index contributed by atoms with van der Waals surface area (Å²) in [4.78, 5) is 6.61. The molecule has 1 aliphatic heterocycles. The Labute approximate surface area is 135 Å². The van der Waals surface area contributed by atoms with Crippen molar-refractivity contribution >= 4 is 11.3 Å². The Balaban J connectivity index is 1.67. The van der Waals surface area contributed by atoms with Gasteiger partial charge in [-0.3, -0.25) is 5.73 Å². The summed E-state index contributed by atoms with van der Waals surface area (Å²) in [6, 6.07) is 2.04. The molecule has 2 aromatic heterocycles. The highest BCUT2D eigenvalue weighted by atomic mass is 16.5. The van der Waals surface area contributed by atoms with Gasteiger partial charge in [-0.25, -0.2) is 9.50 Å².